The highest BCUT2D eigenvalue weighted by atomic mass is 32.2. The number of fused-ring (bicyclic) bond motifs is 1. The van der Waals surface area contributed by atoms with Crippen LogP contribution in [0.1, 0.15) is 156 Å². The number of allylic oxidation sites excluding steroid dienone is 2. The second kappa shape index (κ2) is 37.3. The molecule has 0 aromatic carbocycles. The second-order valence-corrected chi connectivity index (χ2v) is 30.0. The van der Waals surface area contributed by atoms with Gasteiger partial charge < -0.3 is 70.3 Å². The van der Waals surface area contributed by atoms with Crippen molar-refractivity contribution in [2.24, 2.45) is 41.4 Å². The fourth-order valence-corrected chi connectivity index (χ4v) is 13.7. The standard InChI is InChI=1S/C68H118N12O14S/c1-24-26-27-43(15)56(81)55-60(85)71-47(25-2)62(87)80-36-46(94-68(93)79-28-30-95-31-29-79)35-51(80)65(90)76(21)53(41(11)12)59(84)72-52(40(9)10)66(91)73(18)48(32-37(3)4)58(83)69-44(16)57(82)70-45(17)61(86)74(19)49(33-38(5)6)63(88)75(20)50(34-39(7)8)64(89)77(22)54(42(13)14)67(92)78(55)23/h24,26,37-56,81H,25,27-36H2,1-23H3,(H,69,83)(H,70,82)(H,71,85)(H,72,84)/b26-24+/t43-,44+,45-,46?,47+,48+,49+,50+,51-,52+,53+,54+,55+,56-/m1/s1. The number of ether oxygens (including phenoxy) is 1. The smallest absolute Gasteiger partial charge is 0.410 e. The lowest BCUT2D eigenvalue weighted by Gasteiger charge is -2.41. The van der Waals surface area contributed by atoms with Gasteiger partial charge in [-0.15, -0.1) is 0 Å². The van der Waals surface area contributed by atoms with Crippen molar-refractivity contribution in [2.75, 3.05) is 73.4 Å². The quantitative estimate of drug-likeness (QED) is 0.146. The Morgan fingerprint density at radius 3 is 1.49 bits per heavy atom. The van der Waals surface area contributed by atoms with Gasteiger partial charge in [0.05, 0.1) is 12.6 Å². The first-order chi connectivity index (χ1) is 44.2. The van der Waals surface area contributed by atoms with Gasteiger partial charge in [0, 0.05) is 73.3 Å². The lowest BCUT2D eigenvalue weighted by atomic mass is 9.91. The number of likely N-dealkylation sites (N-methyl/N-ethyl adjacent to an activating group) is 6. The number of carbonyl (C=O) groups excluding carboxylic acids is 12. The van der Waals surface area contributed by atoms with Gasteiger partial charge in [-0.2, -0.15) is 11.8 Å². The van der Waals surface area contributed by atoms with Gasteiger partial charge in [-0.05, 0) is 94.3 Å². The predicted molar refractivity (Wildman–Crippen MR) is 365 cm³/mol. The number of aliphatic hydroxyl groups excluding tert-OH is 1. The van der Waals surface area contributed by atoms with E-state index < -0.39 is 173 Å². The van der Waals surface area contributed by atoms with Gasteiger partial charge in [-0.3, -0.25) is 52.7 Å². The van der Waals surface area contributed by atoms with Crippen molar-refractivity contribution < 1.29 is 67.4 Å². The lowest BCUT2D eigenvalue weighted by molar-refractivity contribution is -0.157. The number of hydrogen-bond acceptors (Lipinski definition) is 15. The van der Waals surface area contributed by atoms with Gasteiger partial charge in [0.1, 0.15) is 72.6 Å². The van der Waals surface area contributed by atoms with Crippen molar-refractivity contribution >= 4 is 82.8 Å². The minimum absolute atomic E-state index is 0.0670. The van der Waals surface area contributed by atoms with Gasteiger partial charge in [0.25, 0.3) is 0 Å². The average Bonchev–Trinajstić information content (AvgIpc) is 1.78. The molecule has 540 valence electrons. The molecule has 3 heterocycles. The van der Waals surface area contributed by atoms with Gasteiger partial charge in [0.15, 0.2) is 0 Å². The average molecular weight is 1360 g/mol. The first-order valence-electron chi connectivity index (χ1n) is 34.1. The van der Waals surface area contributed by atoms with Crippen molar-refractivity contribution in [3.8, 4) is 0 Å². The molecule has 0 saturated carbocycles. The molecule has 3 saturated heterocycles. The molecule has 0 spiro atoms. The summed E-state index contributed by atoms with van der Waals surface area (Å²) in [6.45, 7) is 30.0. The molecule has 0 aromatic heterocycles. The van der Waals surface area contributed by atoms with E-state index in [1.165, 1.54) is 85.5 Å². The molecule has 0 bridgehead atoms. The summed E-state index contributed by atoms with van der Waals surface area (Å²) >= 11 is 1.68. The highest BCUT2D eigenvalue weighted by molar-refractivity contribution is 7.99. The van der Waals surface area contributed by atoms with Crippen LogP contribution in [0.2, 0.25) is 0 Å². The van der Waals surface area contributed by atoms with Crippen LogP contribution in [0, 0.1) is 41.4 Å². The van der Waals surface area contributed by atoms with E-state index in [1.54, 1.807) is 91.1 Å². The van der Waals surface area contributed by atoms with Crippen LogP contribution in [0.5, 0.6) is 0 Å². The molecule has 0 aliphatic carbocycles. The summed E-state index contributed by atoms with van der Waals surface area (Å²) in [6.07, 6.45) is 0.736. The van der Waals surface area contributed by atoms with Crippen molar-refractivity contribution in [3.63, 3.8) is 0 Å². The van der Waals surface area contributed by atoms with Crippen LogP contribution in [0.3, 0.4) is 0 Å². The zero-order valence-electron chi connectivity index (χ0n) is 61.2. The van der Waals surface area contributed by atoms with E-state index in [2.05, 4.69) is 21.3 Å². The van der Waals surface area contributed by atoms with Crippen LogP contribution in [-0.4, -0.2) is 267 Å². The molecule has 14 atom stereocenters. The molecular weight excluding hydrogens is 1240 g/mol. The summed E-state index contributed by atoms with van der Waals surface area (Å²) in [5.41, 5.74) is 0. The minimum Gasteiger partial charge on any atom is -0.444 e. The van der Waals surface area contributed by atoms with Crippen molar-refractivity contribution in [1.82, 2.24) is 60.5 Å². The molecule has 5 N–H and O–H groups in total. The van der Waals surface area contributed by atoms with Gasteiger partial charge >= 0.3 is 6.09 Å². The number of thioether (sulfide) groups is 1. The van der Waals surface area contributed by atoms with Gasteiger partial charge in [-0.25, -0.2) is 4.79 Å². The largest absolute Gasteiger partial charge is 0.444 e. The number of carbonyl (C=O) groups is 12. The molecule has 1 unspecified atom stereocenters. The molecule has 27 heteroatoms. The van der Waals surface area contributed by atoms with Crippen molar-refractivity contribution in [1.29, 1.82) is 0 Å². The topological polar surface area (TPSA) is 308 Å². The molecule has 12 amide bonds. The highest BCUT2D eigenvalue weighted by Gasteiger charge is 2.50. The fourth-order valence-electron chi connectivity index (χ4n) is 12.8. The Balaban J connectivity index is 2.39. The third kappa shape index (κ3) is 21.7. The molecule has 3 aliphatic heterocycles. The number of amides is 12. The Bertz CT molecular complexity index is 2710. The number of rotatable bonds is 15. The SMILES string of the molecule is C/C=C/C[C@@H](C)[C@@H](O)[C@H]1C(=O)N[C@@H](CC)C(=O)N2CC(OC(=O)N3CCSCC3)C[C@@H]2C(=O)N(C)[C@@H](C(C)C)C(=O)N[C@@H](C(C)C)C(=O)N(C)[C@@H](CC(C)C)C(=O)N[C@@H](C)C(=O)N[C@H](C)C(=O)N(C)[C@@H](CC(C)C)C(=O)N(C)[C@@H](CC(C)C)C(=O)N(C)[C@@H](C(C)C)C(=O)N1C. The Morgan fingerprint density at radius 2 is 1.00 bits per heavy atom. The summed E-state index contributed by atoms with van der Waals surface area (Å²) in [6, 6.07) is -14.3. The summed E-state index contributed by atoms with van der Waals surface area (Å²) in [5.74, 6) is -9.52. The normalized spacial score (nSPS) is 28.4. The molecule has 3 fully saturated rings. The first-order valence-corrected chi connectivity index (χ1v) is 35.3. The minimum atomic E-state index is -1.69. The molecule has 0 radical (unpaired) electrons. The number of aliphatic hydroxyl groups is 1. The second-order valence-electron chi connectivity index (χ2n) is 28.7. The number of hydrogen-bond donors (Lipinski definition) is 5. The Morgan fingerprint density at radius 1 is 0.537 bits per heavy atom. The maximum absolute atomic E-state index is 15.4. The van der Waals surface area contributed by atoms with Crippen LogP contribution in [0.25, 0.3) is 0 Å². The Labute approximate surface area is 570 Å². The van der Waals surface area contributed by atoms with Crippen molar-refractivity contribution in [2.45, 2.75) is 235 Å². The zero-order valence-corrected chi connectivity index (χ0v) is 62.0. The maximum atomic E-state index is 15.4. The zero-order chi connectivity index (χ0) is 72.5. The number of nitrogens with one attached hydrogen (secondary N) is 4. The van der Waals surface area contributed by atoms with Crippen molar-refractivity contribution in [3.05, 3.63) is 12.2 Å². The first kappa shape index (κ1) is 82.7. The van der Waals surface area contributed by atoms with Crippen LogP contribution in [0.4, 0.5) is 4.79 Å². The Kier molecular flexibility index (Phi) is 32.5. The monoisotopic (exact) mass is 1360 g/mol. The Hall–Kier alpha value is -6.51. The molecule has 26 nitrogen and oxygen atoms in total. The van der Waals surface area contributed by atoms with Crippen LogP contribution < -0.4 is 21.3 Å². The van der Waals surface area contributed by atoms with Crippen LogP contribution >= 0.6 is 11.8 Å². The maximum Gasteiger partial charge on any atom is 0.410 e. The van der Waals surface area contributed by atoms with E-state index in [0.717, 1.165) is 4.90 Å². The lowest BCUT2D eigenvalue weighted by Crippen LogP contribution is -2.64. The van der Waals surface area contributed by atoms with E-state index in [1.807, 2.05) is 41.5 Å². The molecular formula is C68H118N12O14S. The molecule has 95 heavy (non-hydrogen) atoms. The number of nitrogens with zero attached hydrogens (tertiary/aromatic N) is 8. The van der Waals surface area contributed by atoms with E-state index >= 15 is 28.8 Å². The molecule has 3 rings (SSSR count). The third-order valence-corrected chi connectivity index (χ3v) is 19.4. The van der Waals surface area contributed by atoms with E-state index in [4.69, 9.17) is 4.74 Å². The summed E-state index contributed by atoms with van der Waals surface area (Å²) in [7, 11) is 8.48. The van der Waals surface area contributed by atoms with Crippen LogP contribution in [-0.2, 0) is 57.5 Å². The molecule has 0 aromatic rings. The van der Waals surface area contributed by atoms with E-state index in [9.17, 15) is 33.9 Å². The highest BCUT2D eigenvalue weighted by Crippen LogP contribution is 2.29. The summed E-state index contributed by atoms with van der Waals surface area (Å²) in [4.78, 5) is 188. The third-order valence-electron chi connectivity index (χ3n) is 18.5. The van der Waals surface area contributed by atoms with E-state index in [-0.39, 0.29) is 62.8 Å². The summed E-state index contributed by atoms with van der Waals surface area (Å²) in [5, 5.41) is 23.4. The van der Waals surface area contributed by atoms with Gasteiger partial charge in [-0.1, -0.05) is 109 Å². The predicted octanol–water partition coefficient (Wildman–Crippen LogP) is 3.58. The van der Waals surface area contributed by atoms with E-state index in [0.29, 0.717) is 24.6 Å². The molecule has 3 aliphatic rings. The summed E-state index contributed by atoms with van der Waals surface area (Å²) < 4.78 is 6.05. The fraction of sp³-hybridized carbons (Fsp3) is 0.794. The van der Waals surface area contributed by atoms with Crippen LogP contribution in [0.15, 0.2) is 12.2 Å². The van der Waals surface area contributed by atoms with Gasteiger partial charge in [0.2, 0.25) is 65.0 Å².